The zero-order chi connectivity index (χ0) is 14.6. The lowest BCUT2D eigenvalue weighted by atomic mass is 10.0. The molecule has 1 atom stereocenters. The van der Waals surface area contributed by atoms with Crippen molar-refractivity contribution in [1.82, 2.24) is 10.6 Å². The fourth-order valence-electron chi connectivity index (χ4n) is 2.14. The van der Waals surface area contributed by atoms with E-state index < -0.39 is 4.92 Å². The van der Waals surface area contributed by atoms with E-state index in [1.807, 2.05) is 6.92 Å². The Morgan fingerprint density at radius 3 is 2.70 bits per heavy atom. The molecule has 1 unspecified atom stereocenters. The van der Waals surface area contributed by atoms with Crippen LogP contribution in [0.15, 0.2) is 30.3 Å². The van der Waals surface area contributed by atoms with Gasteiger partial charge < -0.3 is 10.6 Å². The zero-order valence-electron chi connectivity index (χ0n) is 11.3. The number of nitrogens with one attached hydrogen (secondary N) is 2. The third-order valence-corrected chi connectivity index (χ3v) is 3.32. The molecule has 0 aromatic heterocycles. The number of hydrogen-bond donors (Lipinski definition) is 2. The quantitative estimate of drug-likeness (QED) is 0.495. The van der Waals surface area contributed by atoms with Gasteiger partial charge in [0.25, 0.3) is 5.69 Å². The molecule has 6 nitrogen and oxygen atoms in total. The van der Waals surface area contributed by atoms with E-state index in [4.69, 9.17) is 0 Å². The fraction of sp³-hybridized carbons (Fsp3) is 0.357. The standard InChI is InChI=1S/C14H17N3O3/c1-14(8-9-15-10-14)16-13(18)7-4-11-2-5-12(6-3-11)17(19)20/h2-7,15H,8-10H2,1H3,(H,16,18)/b7-4+. The van der Waals surface area contributed by atoms with Gasteiger partial charge in [0.05, 0.1) is 10.5 Å². The van der Waals surface area contributed by atoms with Crippen LogP contribution in [-0.4, -0.2) is 29.5 Å². The molecule has 1 aliphatic rings. The first kappa shape index (κ1) is 14.2. The third kappa shape index (κ3) is 3.64. The summed E-state index contributed by atoms with van der Waals surface area (Å²) in [6.45, 7) is 3.68. The van der Waals surface area contributed by atoms with Gasteiger partial charge in [-0.3, -0.25) is 14.9 Å². The van der Waals surface area contributed by atoms with Crippen molar-refractivity contribution in [2.24, 2.45) is 0 Å². The van der Waals surface area contributed by atoms with E-state index in [1.54, 1.807) is 18.2 Å². The number of carbonyl (C=O) groups excluding carboxylic acids is 1. The van der Waals surface area contributed by atoms with E-state index in [0.29, 0.717) is 0 Å². The van der Waals surface area contributed by atoms with Crippen LogP contribution in [0.2, 0.25) is 0 Å². The molecule has 0 radical (unpaired) electrons. The minimum atomic E-state index is -0.450. The first-order chi connectivity index (χ1) is 9.48. The highest BCUT2D eigenvalue weighted by molar-refractivity contribution is 5.92. The van der Waals surface area contributed by atoms with Gasteiger partial charge >= 0.3 is 0 Å². The maximum atomic E-state index is 11.8. The maximum absolute atomic E-state index is 11.8. The molecule has 0 spiro atoms. The predicted octanol–water partition coefficient (Wildman–Crippen LogP) is 1.48. The van der Waals surface area contributed by atoms with Crippen LogP contribution in [0.5, 0.6) is 0 Å². The molecule has 0 saturated carbocycles. The first-order valence-electron chi connectivity index (χ1n) is 6.44. The van der Waals surface area contributed by atoms with Crippen molar-refractivity contribution in [2.45, 2.75) is 18.9 Å². The summed E-state index contributed by atoms with van der Waals surface area (Å²) < 4.78 is 0. The van der Waals surface area contributed by atoms with Crippen LogP contribution >= 0.6 is 0 Å². The van der Waals surface area contributed by atoms with Gasteiger partial charge in [-0.1, -0.05) is 0 Å². The van der Waals surface area contributed by atoms with Crippen molar-refractivity contribution >= 4 is 17.7 Å². The zero-order valence-corrected chi connectivity index (χ0v) is 11.3. The summed E-state index contributed by atoms with van der Waals surface area (Å²) >= 11 is 0. The highest BCUT2D eigenvalue weighted by Gasteiger charge is 2.29. The second-order valence-electron chi connectivity index (χ2n) is 5.16. The minimum Gasteiger partial charge on any atom is -0.346 e. The van der Waals surface area contributed by atoms with Crippen LogP contribution in [0.4, 0.5) is 5.69 Å². The molecule has 20 heavy (non-hydrogen) atoms. The van der Waals surface area contributed by atoms with Crippen LogP contribution in [-0.2, 0) is 4.79 Å². The van der Waals surface area contributed by atoms with Crippen molar-refractivity contribution in [3.63, 3.8) is 0 Å². The Bertz CT molecular complexity index is 531. The fourth-order valence-corrected chi connectivity index (χ4v) is 2.14. The molecule has 1 aromatic carbocycles. The topological polar surface area (TPSA) is 84.3 Å². The Balaban J connectivity index is 1.94. The summed E-state index contributed by atoms with van der Waals surface area (Å²) in [7, 11) is 0. The van der Waals surface area contributed by atoms with Gasteiger partial charge in [0.15, 0.2) is 0 Å². The average molecular weight is 275 g/mol. The van der Waals surface area contributed by atoms with Crippen LogP contribution in [0.3, 0.4) is 0 Å². The summed E-state index contributed by atoms with van der Waals surface area (Å²) in [4.78, 5) is 21.9. The SMILES string of the molecule is CC1(NC(=O)/C=C/c2ccc([N+](=O)[O-])cc2)CCNC1. The Morgan fingerprint density at radius 1 is 1.45 bits per heavy atom. The molecule has 106 valence electrons. The summed E-state index contributed by atoms with van der Waals surface area (Å²) in [5, 5.41) is 16.7. The molecule has 1 aromatic rings. The molecule has 1 saturated heterocycles. The first-order valence-corrected chi connectivity index (χ1v) is 6.44. The molecule has 1 aliphatic heterocycles. The number of nitro groups is 1. The van der Waals surface area contributed by atoms with E-state index in [-0.39, 0.29) is 17.1 Å². The molecule has 2 rings (SSSR count). The monoisotopic (exact) mass is 275 g/mol. The van der Waals surface area contributed by atoms with Gasteiger partial charge in [0.1, 0.15) is 0 Å². The van der Waals surface area contributed by atoms with Gasteiger partial charge in [-0.05, 0) is 43.7 Å². The van der Waals surface area contributed by atoms with E-state index in [0.717, 1.165) is 25.1 Å². The smallest absolute Gasteiger partial charge is 0.269 e. The summed E-state index contributed by atoms with van der Waals surface area (Å²) in [6, 6.07) is 6.06. The lowest BCUT2D eigenvalue weighted by Crippen LogP contribution is -2.46. The largest absolute Gasteiger partial charge is 0.346 e. The van der Waals surface area contributed by atoms with Crippen molar-refractivity contribution in [3.8, 4) is 0 Å². The molecule has 0 aliphatic carbocycles. The van der Waals surface area contributed by atoms with Crippen LogP contribution in [0.25, 0.3) is 6.08 Å². The average Bonchev–Trinajstić information content (AvgIpc) is 2.83. The van der Waals surface area contributed by atoms with Crippen molar-refractivity contribution < 1.29 is 9.72 Å². The molecule has 2 N–H and O–H groups in total. The number of nitrogens with zero attached hydrogens (tertiary/aromatic N) is 1. The van der Waals surface area contributed by atoms with Crippen molar-refractivity contribution in [2.75, 3.05) is 13.1 Å². The lowest BCUT2D eigenvalue weighted by Gasteiger charge is -2.23. The highest BCUT2D eigenvalue weighted by atomic mass is 16.6. The normalized spacial score (nSPS) is 22.1. The minimum absolute atomic E-state index is 0.0381. The molecular weight excluding hydrogens is 258 g/mol. The third-order valence-electron chi connectivity index (χ3n) is 3.32. The van der Waals surface area contributed by atoms with E-state index in [9.17, 15) is 14.9 Å². The number of benzene rings is 1. The predicted molar refractivity (Wildman–Crippen MR) is 76.2 cm³/mol. The van der Waals surface area contributed by atoms with Crippen molar-refractivity contribution in [3.05, 3.63) is 46.0 Å². The summed E-state index contributed by atoms with van der Waals surface area (Å²) in [6.07, 6.45) is 4.00. The second kappa shape index (κ2) is 5.83. The van der Waals surface area contributed by atoms with Crippen LogP contribution in [0, 0.1) is 10.1 Å². The van der Waals surface area contributed by atoms with Gasteiger partial charge in [0.2, 0.25) is 5.91 Å². The van der Waals surface area contributed by atoms with Gasteiger partial charge in [-0.2, -0.15) is 0 Å². The molecule has 1 amide bonds. The van der Waals surface area contributed by atoms with E-state index in [2.05, 4.69) is 10.6 Å². The summed E-state index contributed by atoms with van der Waals surface area (Å²) in [5.41, 5.74) is 0.591. The Kier molecular flexibility index (Phi) is 4.14. The number of carbonyl (C=O) groups is 1. The Labute approximate surface area is 117 Å². The van der Waals surface area contributed by atoms with Crippen LogP contribution < -0.4 is 10.6 Å². The number of nitro benzene ring substituents is 1. The molecule has 1 fully saturated rings. The molecular formula is C14H17N3O3. The Hall–Kier alpha value is -2.21. The number of hydrogen-bond acceptors (Lipinski definition) is 4. The van der Waals surface area contributed by atoms with Crippen molar-refractivity contribution in [1.29, 1.82) is 0 Å². The lowest BCUT2D eigenvalue weighted by molar-refractivity contribution is -0.384. The highest BCUT2D eigenvalue weighted by Crippen LogP contribution is 2.14. The van der Waals surface area contributed by atoms with Crippen LogP contribution in [0.1, 0.15) is 18.9 Å². The van der Waals surface area contributed by atoms with Gasteiger partial charge in [-0.15, -0.1) is 0 Å². The number of amides is 1. The second-order valence-corrected chi connectivity index (χ2v) is 5.16. The van der Waals surface area contributed by atoms with E-state index in [1.165, 1.54) is 18.2 Å². The molecule has 1 heterocycles. The van der Waals surface area contributed by atoms with Gasteiger partial charge in [0, 0.05) is 24.8 Å². The Morgan fingerprint density at radius 2 is 2.15 bits per heavy atom. The molecule has 6 heteroatoms. The van der Waals surface area contributed by atoms with E-state index >= 15 is 0 Å². The summed E-state index contributed by atoms with van der Waals surface area (Å²) in [5.74, 6) is -0.158. The number of rotatable bonds is 4. The maximum Gasteiger partial charge on any atom is 0.269 e. The molecule has 0 bridgehead atoms. The number of non-ortho nitro benzene ring substituents is 1. The van der Waals surface area contributed by atoms with Gasteiger partial charge in [-0.25, -0.2) is 0 Å².